The summed E-state index contributed by atoms with van der Waals surface area (Å²) in [6, 6.07) is 5.49. The summed E-state index contributed by atoms with van der Waals surface area (Å²) in [4.78, 5) is 1.66. The fraction of sp³-hybridized carbons (Fsp3) is 0.500. The van der Waals surface area contributed by atoms with Gasteiger partial charge in [0.25, 0.3) is 0 Å². The van der Waals surface area contributed by atoms with Crippen molar-refractivity contribution in [2.45, 2.75) is 25.7 Å². The van der Waals surface area contributed by atoms with Gasteiger partial charge in [0.05, 0.1) is 11.7 Å². The largest absolute Gasteiger partial charge is 0.416 e. The number of likely N-dealkylation sites (N-methyl/N-ethyl adjacent to an activating group) is 1. The summed E-state index contributed by atoms with van der Waals surface area (Å²) in [7, 11) is 1.68. The molecule has 1 aromatic rings. The van der Waals surface area contributed by atoms with Gasteiger partial charge >= 0.3 is 6.18 Å². The van der Waals surface area contributed by atoms with Crippen LogP contribution in [0.3, 0.4) is 0 Å². The highest BCUT2D eigenvalue weighted by atomic mass is 19.4. The van der Waals surface area contributed by atoms with E-state index in [2.05, 4.69) is 0 Å². The molecule has 1 N–H and O–H groups in total. The summed E-state index contributed by atoms with van der Waals surface area (Å²) in [5.41, 5.74) is -0.388. The molecule has 1 rings (SSSR count). The Labute approximate surface area is 98.7 Å². The number of aliphatic hydroxyl groups is 1. The minimum Gasteiger partial charge on any atom is -0.392 e. The number of benzene rings is 1. The second-order valence-corrected chi connectivity index (χ2v) is 4.20. The normalized spacial score (nSPS) is 14.1. The summed E-state index contributed by atoms with van der Waals surface area (Å²) in [6.45, 7) is 2.11. The Bertz CT molecular complexity index is 363. The van der Waals surface area contributed by atoms with Crippen molar-refractivity contribution in [3.63, 3.8) is 0 Å². The molecule has 0 spiro atoms. The van der Waals surface area contributed by atoms with Crippen LogP contribution in [0.15, 0.2) is 24.3 Å². The van der Waals surface area contributed by atoms with Gasteiger partial charge < -0.3 is 5.11 Å². The topological polar surface area (TPSA) is 23.5 Å². The van der Waals surface area contributed by atoms with Gasteiger partial charge in [-0.1, -0.05) is 18.2 Å². The SMILES string of the molecule is CC(O)CN(C)Cc1ccccc1C(F)(F)F. The molecular weight excluding hydrogens is 231 g/mol. The molecule has 1 unspecified atom stereocenters. The monoisotopic (exact) mass is 247 g/mol. The maximum atomic E-state index is 12.7. The Morgan fingerprint density at radius 2 is 1.88 bits per heavy atom. The molecule has 0 bridgehead atoms. The molecule has 0 aliphatic heterocycles. The third-order valence-corrected chi connectivity index (χ3v) is 2.34. The van der Waals surface area contributed by atoms with E-state index in [9.17, 15) is 13.2 Å². The van der Waals surface area contributed by atoms with Crippen LogP contribution in [0.4, 0.5) is 13.2 Å². The second-order valence-electron chi connectivity index (χ2n) is 4.20. The number of nitrogens with zero attached hydrogens (tertiary/aromatic N) is 1. The lowest BCUT2D eigenvalue weighted by atomic mass is 10.1. The van der Waals surface area contributed by atoms with E-state index in [-0.39, 0.29) is 12.1 Å². The fourth-order valence-electron chi connectivity index (χ4n) is 1.74. The van der Waals surface area contributed by atoms with Crippen LogP contribution < -0.4 is 0 Å². The van der Waals surface area contributed by atoms with Crippen LogP contribution in [0.5, 0.6) is 0 Å². The van der Waals surface area contributed by atoms with Crippen molar-refractivity contribution in [1.82, 2.24) is 4.90 Å². The van der Waals surface area contributed by atoms with Gasteiger partial charge in [0, 0.05) is 13.1 Å². The van der Waals surface area contributed by atoms with Crippen molar-refractivity contribution in [1.29, 1.82) is 0 Å². The first kappa shape index (κ1) is 14.0. The van der Waals surface area contributed by atoms with Crippen molar-refractivity contribution < 1.29 is 18.3 Å². The van der Waals surface area contributed by atoms with Gasteiger partial charge in [-0.25, -0.2) is 0 Å². The molecule has 0 aromatic heterocycles. The maximum Gasteiger partial charge on any atom is 0.416 e. The third-order valence-electron chi connectivity index (χ3n) is 2.34. The lowest BCUT2D eigenvalue weighted by Gasteiger charge is -2.20. The predicted octanol–water partition coefficient (Wildman–Crippen LogP) is 2.52. The van der Waals surface area contributed by atoms with Gasteiger partial charge in [-0.3, -0.25) is 4.90 Å². The van der Waals surface area contributed by atoms with Crippen LogP contribution in [0.1, 0.15) is 18.1 Å². The molecule has 0 fully saturated rings. The number of rotatable bonds is 4. The predicted molar refractivity (Wildman–Crippen MR) is 59.5 cm³/mol. The van der Waals surface area contributed by atoms with Gasteiger partial charge in [-0.15, -0.1) is 0 Å². The molecule has 96 valence electrons. The van der Waals surface area contributed by atoms with E-state index in [1.54, 1.807) is 24.9 Å². The van der Waals surface area contributed by atoms with E-state index in [1.165, 1.54) is 12.1 Å². The number of halogens is 3. The Kier molecular flexibility index (Phi) is 4.54. The summed E-state index contributed by atoms with van der Waals surface area (Å²) in [5, 5.41) is 9.17. The van der Waals surface area contributed by atoms with Crippen molar-refractivity contribution in [3.05, 3.63) is 35.4 Å². The van der Waals surface area contributed by atoms with Crippen molar-refractivity contribution in [2.24, 2.45) is 0 Å². The average Bonchev–Trinajstić information content (AvgIpc) is 2.15. The van der Waals surface area contributed by atoms with Crippen LogP contribution in [0.25, 0.3) is 0 Å². The Morgan fingerprint density at radius 1 is 1.29 bits per heavy atom. The first-order valence-electron chi connectivity index (χ1n) is 5.32. The van der Waals surface area contributed by atoms with E-state index in [4.69, 9.17) is 5.11 Å². The molecule has 17 heavy (non-hydrogen) atoms. The zero-order valence-electron chi connectivity index (χ0n) is 9.83. The van der Waals surface area contributed by atoms with Crippen molar-refractivity contribution >= 4 is 0 Å². The molecule has 0 aliphatic rings. The highest BCUT2D eigenvalue weighted by molar-refractivity contribution is 5.29. The fourth-order valence-corrected chi connectivity index (χ4v) is 1.74. The zero-order chi connectivity index (χ0) is 13.1. The molecule has 0 heterocycles. The number of aliphatic hydroxyl groups excluding tert-OH is 1. The highest BCUT2D eigenvalue weighted by Gasteiger charge is 2.32. The molecule has 1 atom stereocenters. The van der Waals surface area contributed by atoms with Gasteiger partial charge in [0.1, 0.15) is 0 Å². The molecule has 0 radical (unpaired) electrons. The molecule has 0 saturated heterocycles. The Hall–Kier alpha value is -1.07. The van der Waals surface area contributed by atoms with Gasteiger partial charge in [-0.05, 0) is 25.6 Å². The molecule has 0 saturated carbocycles. The molecular formula is C12H16F3NO. The molecule has 2 nitrogen and oxygen atoms in total. The number of alkyl halides is 3. The summed E-state index contributed by atoms with van der Waals surface area (Å²) >= 11 is 0. The Balaban J connectivity index is 2.84. The highest BCUT2D eigenvalue weighted by Crippen LogP contribution is 2.32. The van der Waals surface area contributed by atoms with E-state index in [0.717, 1.165) is 6.07 Å². The van der Waals surface area contributed by atoms with E-state index in [1.807, 2.05) is 0 Å². The minimum atomic E-state index is -4.33. The molecule has 0 aliphatic carbocycles. The molecule has 5 heteroatoms. The van der Waals surface area contributed by atoms with Gasteiger partial charge in [0.15, 0.2) is 0 Å². The lowest BCUT2D eigenvalue weighted by Crippen LogP contribution is -2.27. The third kappa shape index (κ3) is 4.36. The second kappa shape index (κ2) is 5.51. The van der Waals surface area contributed by atoms with Crippen LogP contribution in [-0.2, 0) is 12.7 Å². The summed E-state index contributed by atoms with van der Waals surface area (Å²) in [6.07, 6.45) is -4.89. The number of hydrogen-bond donors (Lipinski definition) is 1. The van der Waals surface area contributed by atoms with E-state index >= 15 is 0 Å². The summed E-state index contributed by atoms with van der Waals surface area (Å²) in [5.74, 6) is 0. The first-order chi connectivity index (χ1) is 7.80. The van der Waals surface area contributed by atoms with Crippen LogP contribution in [-0.4, -0.2) is 29.7 Å². The van der Waals surface area contributed by atoms with E-state index < -0.39 is 17.8 Å². The smallest absolute Gasteiger partial charge is 0.392 e. The zero-order valence-corrected chi connectivity index (χ0v) is 9.83. The standard InChI is InChI=1S/C12H16F3NO/c1-9(17)7-16(2)8-10-5-3-4-6-11(10)12(13,14)15/h3-6,9,17H,7-8H2,1-2H3. The van der Waals surface area contributed by atoms with Gasteiger partial charge in [0.2, 0.25) is 0 Å². The first-order valence-corrected chi connectivity index (χ1v) is 5.32. The van der Waals surface area contributed by atoms with E-state index in [0.29, 0.717) is 6.54 Å². The number of hydrogen-bond acceptors (Lipinski definition) is 2. The van der Waals surface area contributed by atoms with Crippen LogP contribution in [0, 0.1) is 0 Å². The van der Waals surface area contributed by atoms with Crippen LogP contribution in [0.2, 0.25) is 0 Å². The average molecular weight is 247 g/mol. The molecule has 1 aromatic carbocycles. The minimum absolute atomic E-state index is 0.167. The summed E-state index contributed by atoms with van der Waals surface area (Å²) < 4.78 is 38.1. The molecule has 0 amide bonds. The van der Waals surface area contributed by atoms with Gasteiger partial charge in [-0.2, -0.15) is 13.2 Å². The van der Waals surface area contributed by atoms with Crippen molar-refractivity contribution in [3.8, 4) is 0 Å². The maximum absolute atomic E-state index is 12.7. The quantitative estimate of drug-likeness (QED) is 0.883. The van der Waals surface area contributed by atoms with Crippen molar-refractivity contribution in [2.75, 3.05) is 13.6 Å². The lowest BCUT2D eigenvalue weighted by molar-refractivity contribution is -0.138. The Morgan fingerprint density at radius 3 is 2.41 bits per heavy atom. The van der Waals surface area contributed by atoms with Crippen LogP contribution >= 0.6 is 0 Å².